The van der Waals surface area contributed by atoms with Crippen molar-refractivity contribution in [3.63, 3.8) is 0 Å². The van der Waals surface area contributed by atoms with Crippen molar-refractivity contribution in [1.29, 1.82) is 0 Å². The van der Waals surface area contributed by atoms with Crippen LogP contribution >= 0.6 is 0 Å². The lowest BCUT2D eigenvalue weighted by Gasteiger charge is -2.07. The summed E-state index contributed by atoms with van der Waals surface area (Å²) in [4.78, 5) is 0.440. The van der Waals surface area contributed by atoms with Crippen LogP contribution in [0, 0.1) is 20.8 Å². The summed E-state index contributed by atoms with van der Waals surface area (Å²) in [5.41, 5.74) is 2.97. The molecule has 0 saturated carbocycles. The third-order valence-electron chi connectivity index (χ3n) is 2.19. The summed E-state index contributed by atoms with van der Waals surface area (Å²) in [6, 6.07) is 3.64. The molecule has 1 aromatic rings. The molecule has 0 spiro atoms. The normalized spacial score (nSPS) is 11.7. The van der Waals surface area contributed by atoms with Gasteiger partial charge in [-0.2, -0.15) is 0 Å². The molecule has 0 heterocycles. The molecule has 1 rings (SSSR count). The minimum Gasteiger partial charge on any atom is -0.224 e. The number of aryl methyl sites for hydroxylation is 3. The van der Waals surface area contributed by atoms with E-state index in [-0.39, 0.29) is 0 Å². The summed E-state index contributed by atoms with van der Waals surface area (Å²) in [5.74, 6) is 0. The van der Waals surface area contributed by atoms with E-state index < -0.39 is 9.84 Å². The van der Waals surface area contributed by atoms with Crippen molar-refractivity contribution in [3.05, 3.63) is 28.8 Å². The van der Waals surface area contributed by atoms with E-state index in [4.69, 9.17) is 0 Å². The van der Waals surface area contributed by atoms with Gasteiger partial charge in [-0.25, -0.2) is 8.42 Å². The average molecular weight is 198 g/mol. The molecule has 13 heavy (non-hydrogen) atoms. The monoisotopic (exact) mass is 198 g/mol. The Balaban J connectivity index is 3.50. The van der Waals surface area contributed by atoms with E-state index in [0.29, 0.717) is 4.90 Å². The van der Waals surface area contributed by atoms with E-state index in [1.165, 1.54) is 6.26 Å². The standard InChI is InChI=1S/C10H14O2S/c1-7-5-9(3)10(6-8(7)2)13(4,11)12/h5-6H,1-4H3. The molecule has 3 heteroatoms. The Labute approximate surface area is 79.5 Å². The van der Waals surface area contributed by atoms with Crippen LogP contribution in [0.1, 0.15) is 16.7 Å². The van der Waals surface area contributed by atoms with Crippen LogP contribution < -0.4 is 0 Å². The van der Waals surface area contributed by atoms with Crippen molar-refractivity contribution < 1.29 is 8.42 Å². The highest BCUT2D eigenvalue weighted by Crippen LogP contribution is 2.19. The molecule has 0 atom stereocenters. The van der Waals surface area contributed by atoms with Gasteiger partial charge in [-0.15, -0.1) is 0 Å². The van der Waals surface area contributed by atoms with Gasteiger partial charge >= 0.3 is 0 Å². The minimum absolute atomic E-state index is 0.440. The highest BCUT2D eigenvalue weighted by Gasteiger charge is 2.11. The topological polar surface area (TPSA) is 34.1 Å². The second kappa shape index (κ2) is 3.14. The first-order valence-corrected chi connectivity index (χ1v) is 5.99. The molecule has 0 amide bonds. The molecule has 0 aliphatic heterocycles. The van der Waals surface area contributed by atoms with Gasteiger partial charge in [0.05, 0.1) is 4.90 Å². The van der Waals surface area contributed by atoms with Gasteiger partial charge in [0.25, 0.3) is 0 Å². The van der Waals surface area contributed by atoms with Crippen molar-refractivity contribution in [2.45, 2.75) is 25.7 Å². The summed E-state index contributed by atoms with van der Waals surface area (Å²) >= 11 is 0. The Hall–Kier alpha value is -0.830. The van der Waals surface area contributed by atoms with E-state index in [1.54, 1.807) is 6.07 Å². The SMILES string of the molecule is Cc1cc(C)c(S(C)(=O)=O)cc1C. The lowest BCUT2D eigenvalue weighted by molar-refractivity contribution is 0.601. The van der Waals surface area contributed by atoms with Gasteiger partial charge in [0.1, 0.15) is 0 Å². The average Bonchev–Trinajstić information content (AvgIpc) is 1.94. The molecule has 0 N–H and O–H groups in total. The van der Waals surface area contributed by atoms with Crippen molar-refractivity contribution in [2.24, 2.45) is 0 Å². The third-order valence-corrected chi connectivity index (χ3v) is 3.43. The molecule has 0 aliphatic carbocycles. The van der Waals surface area contributed by atoms with Gasteiger partial charge in [-0.1, -0.05) is 6.07 Å². The van der Waals surface area contributed by atoms with Crippen LogP contribution in [0.4, 0.5) is 0 Å². The van der Waals surface area contributed by atoms with E-state index in [1.807, 2.05) is 26.8 Å². The Morgan fingerprint density at radius 2 is 1.38 bits per heavy atom. The number of benzene rings is 1. The maximum Gasteiger partial charge on any atom is 0.175 e. The summed E-state index contributed by atoms with van der Waals surface area (Å²) in [7, 11) is -3.07. The summed E-state index contributed by atoms with van der Waals surface area (Å²) in [6.45, 7) is 5.72. The highest BCUT2D eigenvalue weighted by molar-refractivity contribution is 7.90. The number of hydrogen-bond acceptors (Lipinski definition) is 2. The second-order valence-corrected chi connectivity index (χ2v) is 5.46. The van der Waals surface area contributed by atoms with Crippen molar-refractivity contribution >= 4 is 9.84 Å². The van der Waals surface area contributed by atoms with Gasteiger partial charge in [0.2, 0.25) is 0 Å². The lowest BCUT2D eigenvalue weighted by Crippen LogP contribution is -2.01. The number of rotatable bonds is 1. The van der Waals surface area contributed by atoms with Gasteiger partial charge in [0, 0.05) is 6.26 Å². The first-order valence-electron chi connectivity index (χ1n) is 4.10. The predicted molar refractivity (Wildman–Crippen MR) is 53.8 cm³/mol. The number of hydrogen-bond donors (Lipinski definition) is 0. The fourth-order valence-corrected chi connectivity index (χ4v) is 2.37. The smallest absolute Gasteiger partial charge is 0.175 e. The molecule has 0 aliphatic rings. The Kier molecular flexibility index (Phi) is 2.48. The Bertz CT molecular complexity index is 430. The van der Waals surface area contributed by atoms with E-state index >= 15 is 0 Å². The molecule has 0 aromatic heterocycles. The molecule has 72 valence electrons. The van der Waals surface area contributed by atoms with Crippen LogP contribution in [-0.2, 0) is 9.84 Å². The van der Waals surface area contributed by atoms with Crippen molar-refractivity contribution in [2.75, 3.05) is 6.26 Å². The molecule has 0 fully saturated rings. The van der Waals surface area contributed by atoms with Gasteiger partial charge in [-0.05, 0) is 43.5 Å². The zero-order valence-electron chi connectivity index (χ0n) is 8.38. The predicted octanol–water partition coefficient (Wildman–Crippen LogP) is 2.02. The third kappa shape index (κ3) is 2.10. The van der Waals surface area contributed by atoms with Gasteiger partial charge < -0.3 is 0 Å². The second-order valence-electron chi connectivity index (χ2n) is 3.47. The molecule has 0 unspecified atom stereocenters. The van der Waals surface area contributed by atoms with Crippen LogP contribution in [0.15, 0.2) is 17.0 Å². The molecule has 0 radical (unpaired) electrons. The maximum atomic E-state index is 11.3. The zero-order chi connectivity index (χ0) is 10.2. The zero-order valence-corrected chi connectivity index (χ0v) is 9.20. The fraction of sp³-hybridized carbons (Fsp3) is 0.400. The quantitative estimate of drug-likeness (QED) is 0.691. The Morgan fingerprint density at radius 1 is 0.923 bits per heavy atom. The van der Waals surface area contributed by atoms with Crippen molar-refractivity contribution in [3.8, 4) is 0 Å². The molecular weight excluding hydrogens is 184 g/mol. The van der Waals surface area contributed by atoms with Crippen LogP contribution in [0.25, 0.3) is 0 Å². The Morgan fingerprint density at radius 3 is 1.85 bits per heavy atom. The molecule has 0 saturated heterocycles. The molecule has 0 bridgehead atoms. The molecular formula is C10H14O2S. The molecule has 1 aromatic carbocycles. The largest absolute Gasteiger partial charge is 0.224 e. The van der Waals surface area contributed by atoms with Crippen LogP contribution in [0.3, 0.4) is 0 Å². The summed E-state index contributed by atoms with van der Waals surface area (Å²) < 4.78 is 22.6. The maximum absolute atomic E-state index is 11.3. The highest BCUT2D eigenvalue weighted by atomic mass is 32.2. The van der Waals surface area contributed by atoms with Crippen LogP contribution in [0.2, 0.25) is 0 Å². The van der Waals surface area contributed by atoms with Crippen LogP contribution in [-0.4, -0.2) is 14.7 Å². The summed E-state index contributed by atoms with van der Waals surface area (Å²) in [6.07, 6.45) is 1.24. The van der Waals surface area contributed by atoms with E-state index in [0.717, 1.165) is 16.7 Å². The van der Waals surface area contributed by atoms with E-state index in [9.17, 15) is 8.42 Å². The molecule has 2 nitrogen and oxygen atoms in total. The first kappa shape index (κ1) is 10.3. The number of sulfone groups is 1. The van der Waals surface area contributed by atoms with E-state index in [2.05, 4.69) is 0 Å². The minimum atomic E-state index is -3.07. The van der Waals surface area contributed by atoms with Crippen molar-refractivity contribution in [1.82, 2.24) is 0 Å². The fourth-order valence-electron chi connectivity index (χ4n) is 1.33. The lowest BCUT2D eigenvalue weighted by atomic mass is 10.1. The first-order chi connectivity index (χ1) is 5.82. The van der Waals surface area contributed by atoms with Gasteiger partial charge in [0.15, 0.2) is 9.84 Å². The van der Waals surface area contributed by atoms with Crippen LogP contribution in [0.5, 0.6) is 0 Å². The van der Waals surface area contributed by atoms with Gasteiger partial charge in [-0.3, -0.25) is 0 Å². The summed E-state index contributed by atoms with van der Waals surface area (Å²) in [5, 5.41) is 0.